The zero-order chi connectivity index (χ0) is 13.9. The standard InChI is InChI=1S/C17H18N2S/c1-3-14(17-9-6-10-20-17)19-16-11-12(2)18-15-8-5-4-7-13(15)16/h4-11,14H,3H2,1-2H3,(H,18,19). The SMILES string of the molecule is CCC(Nc1cc(C)nc2ccccc12)c1cccs1. The van der Waals surface area contributed by atoms with Crippen LogP contribution in [0.25, 0.3) is 10.9 Å². The summed E-state index contributed by atoms with van der Waals surface area (Å²) >= 11 is 1.81. The fourth-order valence-electron chi connectivity index (χ4n) is 2.48. The summed E-state index contributed by atoms with van der Waals surface area (Å²) in [6.45, 7) is 4.26. The molecule has 1 unspecified atom stereocenters. The Morgan fingerprint density at radius 2 is 2.05 bits per heavy atom. The Hall–Kier alpha value is -1.87. The van der Waals surface area contributed by atoms with Gasteiger partial charge in [0.15, 0.2) is 0 Å². The maximum atomic E-state index is 4.59. The molecule has 2 heterocycles. The van der Waals surface area contributed by atoms with E-state index in [1.54, 1.807) is 11.3 Å². The van der Waals surface area contributed by atoms with Crippen molar-refractivity contribution in [2.75, 3.05) is 5.32 Å². The molecule has 3 aromatic rings. The minimum absolute atomic E-state index is 0.361. The molecular weight excluding hydrogens is 264 g/mol. The van der Waals surface area contributed by atoms with E-state index in [9.17, 15) is 0 Å². The number of hydrogen-bond acceptors (Lipinski definition) is 3. The van der Waals surface area contributed by atoms with Crippen LogP contribution >= 0.6 is 11.3 Å². The first-order valence-corrected chi connectivity index (χ1v) is 7.82. The average molecular weight is 282 g/mol. The first-order valence-electron chi connectivity index (χ1n) is 6.94. The number of aryl methyl sites for hydroxylation is 1. The highest BCUT2D eigenvalue weighted by atomic mass is 32.1. The molecule has 1 aromatic carbocycles. The van der Waals surface area contributed by atoms with Crippen molar-refractivity contribution in [1.29, 1.82) is 0 Å². The molecular formula is C17H18N2S. The highest BCUT2D eigenvalue weighted by Crippen LogP contribution is 2.30. The van der Waals surface area contributed by atoms with Gasteiger partial charge in [-0.25, -0.2) is 0 Å². The number of thiophene rings is 1. The van der Waals surface area contributed by atoms with Crippen molar-refractivity contribution in [1.82, 2.24) is 4.98 Å². The molecule has 0 fully saturated rings. The van der Waals surface area contributed by atoms with Crippen LogP contribution in [0.3, 0.4) is 0 Å². The van der Waals surface area contributed by atoms with Gasteiger partial charge in [0.05, 0.1) is 11.6 Å². The molecule has 1 atom stereocenters. The number of benzene rings is 1. The highest BCUT2D eigenvalue weighted by molar-refractivity contribution is 7.10. The van der Waals surface area contributed by atoms with E-state index in [0.29, 0.717) is 6.04 Å². The van der Waals surface area contributed by atoms with E-state index in [-0.39, 0.29) is 0 Å². The van der Waals surface area contributed by atoms with Gasteiger partial charge in [-0.05, 0) is 36.9 Å². The number of nitrogens with zero attached hydrogens (tertiary/aromatic N) is 1. The lowest BCUT2D eigenvalue weighted by molar-refractivity contribution is 0.765. The van der Waals surface area contributed by atoms with Gasteiger partial charge in [-0.3, -0.25) is 4.98 Å². The molecule has 3 heteroatoms. The molecule has 0 bridgehead atoms. The number of para-hydroxylation sites is 1. The summed E-state index contributed by atoms with van der Waals surface area (Å²) in [6.07, 6.45) is 1.07. The van der Waals surface area contributed by atoms with Gasteiger partial charge in [0.25, 0.3) is 0 Å². The molecule has 0 aliphatic heterocycles. The second-order valence-corrected chi connectivity index (χ2v) is 5.93. The summed E-state index contributed by atoms with van der Waals surface area (Å²) in [5, 5.41) is 7.01. The molecule has 0 saturated carbocycles. The summed E-state index contributed by atoms with van der Waals surface area (Å²) in [6, 6.07) is 15.1. The van der Waals surface area contributed by atoms with Gasteiger partial charge < -0.3 is 5.32 Å². The molecule has 3 rings (SSSR count). The zero-order valence-electron chi connectivity index (χ0n) is 11.8. The van der Waals surface area contributed by atoms with E-state index < -0.39 is 0 Å². The Morgan fingerprint density at radius 3 is 2.80 bits per heavy atom. The molecule has 2 aromatic heterocycles. The fraction of sp³-hybridized carbons (Fsp3) is 0.235. The lowest BCUT2D eigenvalue weighted by atomic mass is 10.1. The molecule has 20 heavy (non-hydrogen) atoms. The minimum Gasteiger partial charge on any atom is -0.377 e. The normalized spacial score (nSPS) is 12.5. The number of hydrogen-bond donors (Lipinski definition) is 1. The summed E-state index contributed by atoms with van der Waals surface area (Å²) in [5.41, 5.74) is 3.27. The van der Waals surface area contributed by atoms with E-state index in [1.807, 2.05) is 13.0 Å². The predicted molar refractivity (Wildman–Crippen MR) is 87.5 cm³/mol. The zero-order valence-corrected chi connectivity index (χ0v) is 12.6. The van der Waals surface area contributed by atoms with Crippen LogP contribution in [0.15, 0.2) is 47.8 Å². The summed E-state index contributed by atoms with van der Waals surface area (Å²) in [5.74, 6) is 0. The highest BCUT2D eigenvalue weighted by Gasteiger charge is 2.12. The number of fused-ring (bicyclic) bond motifs is 1. The number of nitrogens with one attached hydrogen (secondary N) is 1. The van der Waals surface area contributed by atoms with Gasteiger partial charge >= 0.3 is 0 Å². The van der Waals surface area contributed by atoms with Gasteiger partial charge in [0.2, 0.25) is 0 Å². The van der Waals surface area contributed by atoms with Crippen molar-refractivity contribution in [3.8, 4) is 0 Å². The van der Waals surface area contributed by atoms with E-state index >= 15 is 0 Å². The molecule has 0 aliphatic carbocycles. The van der Waals surface area contributed by atoms with Crippen LogP contribution in [0.5, 0.6) is 0 Å². The predicted octanol–water partition coefficient (Wildman–Crippen LogP) is 5.17. The molecule has 0 amide bonds. The summed E-state index contributed by atoms with van der Waals surface area (Å²) < 4.78 is 0. The van der Waals surface area contributed by atoms with Gasteiger partial charge in [0.1, 0.15) is 0 Å². The van der Waals surface area contributed by atoms with Crippen LogP contribution in [0.1, 0.15) is 30.0 Å². The minimum atomic E-state index is 0.361. The average Bonchev–Trinajstić information content (AvgIpc) is 2.98. The van der Waals surface area contributed by atoms with Gasteiger partial charge in [-0.1, -0.05) is 31.2 Å². The summed E-state index contributed by atoms with van der Waals surface area (Å²) in [4.78, 5) is 5.98. The number of anilines is 1. The van der Waals surface area contributed by atoms with E-state index in [1.165, 1.54) is 16.0 Å². The molecule has 2 nitrogen and oxygen atoms in total. The Kier molecular flexibility index (Phi) is 3.70. The van der Waals surface area contributed by atoms with Crippen LogP contribution < -0.4 is 5.32 Å². The quantitative estimate of drug-likeness (QED) is 0.714. The second-order valence-electron chi connectivity index (χ2n) is 4.95. The summed E-state index contributed by atoms with van der Waals surface area (Å²) in [7, 11) is 0. The first-order chi connectivity index (χ1) is 9.78. The third-order valence-corrected chi connectivity index (χ3v) is 4.45. The van der Waals surface area contributed by atoms with Gasteiger partial charge in [-0.2, -0.15) is 0 Å². The lowest BCUT2D eigenvalue weighted by Gasteiger charge is -2.18. The topological polar surface area (TPSA) is 24.9 Å². The molecule has 1 N–H and O–H groups in total. The number of aromatic nitrogens is 1. The van der Waals surface area contributed by atoms with Crippen LogP contribution in [0.2, 0.25) is 0 Å². The maximum Gasteiger partial charge on any atom is 0.0725 e. The van der Waals surface area contributed by atoms with Crippen LogP contribution in [-0.4, -0.2) is 4.98 Å². The largest absolute Gasteiger partial charge is 0.377 e. The third kappa shape index (κ3) is 2.54. The Balaban J connectivity index is 2.01. The first kappa shape index (κ1) is 13.1. The number of pyridine rings is 1. The molecule has 0 aliphatic rings. The Morgan fingerprint density at radius 1 is 1.20 bits per heavy atom. The van der Waals surface area contributed by atoms with Crippen molar-refractivity contribution in [2.24, 2.45) is 0 Å². The fourth-order valence-corrected chi connectivity index (χ4v) is 3.34. The van der Waals surface area contributed by atoms with Crippen molar-refractivity contribution < 1.29 is 0 Å². The van der Waals surface area contributed by atoms with Crippen LogP contribution in [0, 0.1) is 6.92 Å². The number of rotatable bonds is 4. The van der Waals surface area contributed by atoms with Crippen LogP contribution in [-0.2, 0) is 0 Å². The molecule has 0 spiro atoms. The molecule has 102 valence electrons. The van der Waals surface area contributed by atoms with E-state index in [0.717, 1.165) is 17.6 Å². The van der Waals surface area contributed by atoms with Gasteiger partial charge in [-0.15, -0.1) is 11.3 Å². The Labute approximate surface area is 123 Å². The van der Waals surface area contributed by atoms with Crippen molar-refractivity contribution in [3.05, 3.63) is 58.4 Å². The smallest absolute Gasteiger partial charge is 0.0725 e. The second kappa shape index (κ2) is 5.63. The van der Waals surface area contributed by atoms with Crippen LogP contribution in [0.4, 0.5) is 5.69 Å². The third-order valence-electron chi connectivity index (χ3n) is 3.47. The molecule has 0 radical (unpaired) electrons. The van der Waals surface area contributed by atoms with Crippen molar-refractivity contribution in [2.45, 2.75) is 26.3 Å². The van der Waals surface area contributed by atoms with Crippen molar-refractivity contribution >= 4 is 27.9 Å². The monoisotopic (exact) mass is 282 g/mol. The molecule has 0 saturated heterocycles. The van der Waals surface area contributed by atoms with E-state index in [2.05, 4.69) is 59.0 Å². The maximum absolute atomic E-state index is 4.59. The Bertz CT molecular complexity index is 704. The lowest BCUT2D eigenvalue weighted by Crippen LogP contribution is -2.09. The van der Waals surface area contributed by atoms with Crippen molar-refractivity contribution in [3.63, 3.8) is 0 Å². The van der Waals surface area contributed by atoms with E-state index in [4.69, 9.17) is 0 Å². The van der Waals surface area contributed by atoms with Gasteiger partial charge in [0, 0.05) is 21.6 Å².